The Balaban J connectivity index is 2.44. The highest BCUT2D eigenvalue weighted by atomic mass is 16.3. The molecule has 1 N–H and O–H groups in total. The van der Waals surface area contributed by atoms with Crippen LogP contribution in [-0.4, -0.2) is 9.67 Å². The van der Waals surface area contributed by atoms with Gasteiger partial charge in [0.05, 0.1) is 5.69 Å². The Kier molecular flexibility index (Phi) is 2.83. The SMILES string of the molecule is Cc1cc(=O)n(-c2cccc3ccccc23)c(O)c1C. The lowest BCUT2D eigenvalue weighted by Gasteiger charge is -2.14. The number of rotatable bonds is 1. The molecule has 20 heavy (non-hydrogen) atoms. The van der Waals surface area contributed by atoms with Gasteiger partial charge in [-0.1, -0.05) is 36.4 Å². The van der Waals surface area contributed by atoms with Crippen molar-refractivity contribution in [2.24, 2.45) is 0 Å². The van der Waals surface area contributed by atoms with Gasteiger partial charge < -0.3 is 5.11 Å². The summed E-state index contributed by atoms with van der Waals surface area (Å²) in [5, 5.41) is 12.3. The number of nitrogens with zero attached hydrogens (tertiary/aromatic N) is 1. The van der Waals surface area contributed by atoms with E-state index in [1.807, 2.05) is 56.3 Å². The molecule has 0 saturated carbocycles. The lowest BCUT2D eigenvalue weighted by atomic mass is 10.1. The molecule has 3 heteroatoms. The number of hydrogen-bond donors (Lipinski definition) is 1. The number of aryl methyl sites for hydroxylation is 1. The van der Waals surface area contributed by atoms with Crippen molar-refractivity contribution in [1.29, 1.82) is 0 Å². The summed E-state index contributed by atoms with van der Waals surface area (Å²) >= 11 is 0. The van der Waals surface area contributed by atoms with E-state index in [-0.39, 0.29) is 11.4 Å². The molecule has 0 radical (unpaired) electrons. The van der Waals surface area contributed by atoms with Crippen LogP contribution in [0.1, 0.15) is 11.1 Å². The molecular weight excluding hydrogens is 250 g/mol. The average molecular weight is 265 g/mol. The lowest BCUT2D eigenvalue weighted by molar-refractivity contribution is 0.430. The number of fused-ring (bicyclic) bond motifs is 1. The van der Waals surface area contributed by atoms with E-state index in [0.29, 0.717) is 5.69 Å². The zero-order valence-electron chi connectivity index (χ0n) is 11.4. The van der Waals surface area contributed by atoms with Gasteiger partial charge in [0.25, 0.3) is 5.56 Å². The molecule has 3 aromatic rings. The highest BCUT2D eigenvalue weighted by Gasteiger charge is 2.12. The summed E-state index contributed by atoms with van der Waals surface area (Å²) < 4.78 is 1.37. The van der Waals surface area contributed by atoms with Gasteiger partial charge in [0, 0.05) is 17.0 Å². The molecule has 0 amide bonds. The summed E-state index contributed by atoms with van der Waals surface area (Å²) in [5.41, 5.74) is 2.00. The first-order chi connectivity index (χ1) is 9.59. The number of aromatic hydroxyl groups is 1. The molecular formula is C17H15NO2. The largest absolute Gasteiger partial charge is 0.494 e. The summed E-state index contributed by atoms with van der Waals surface area (Å²) in [5.74, 6) is 0.00588. The van der Waals surface area contributed by atoms with Crippen molar-refractivity contribution in [2.45, 2.75) is 13.8 Å². The molecule has 2 aromatic carbocycles. The van der Waals surface area contributed by atoms with Crippen molar-refractivity contribution in [3.63, 3.8) is 0 Å². The monoisotopic (exact) mass is 265 g/mol. The number of aromatic nitrogens is 1. The van der Waals surface area contributed by atoms with Crippen molar-refractivity contribution in [3.8, 4) is 11.6 Å². The highest BCUT2D eigenvalue weighted by molar-refractivity contribution is 5.90. The molecule has 0 aliphatic rings. The van der Waals surface area contributed by atoms with Gasteiger partial charge in [0.1, 0.15) is 0 Å². The Labute approximate surface area is 116 Å². The van der Waals surface area contributed by atoms with Gasteiger partial charge in [0.15, 0.2) is 0 Å². The Hall–Kier alpha value is -2.55. The Morgan fingerprint density at radius 1 is 1.00 bits per heavy atom. The maximum absolute atomic E-state index is 12.3. The molecule has 0 bridgehead atoms. The summed E-state index contributed by atoms with van der Waals surface area (Å²) in [6.45, 7) is 3.63. The molecule has 100 valence electrons. The second kappa shape index (κ2) is 4.53. The summed E-state index contributed by atoms with van der Waals surface area (Å²) in [7, 11) is 0. The van der Waals surface area contributed by atoms with Crippen LogP contribution in [0.25, 0.3) is 16.5 Å². The fraction of sp³-hybridized carbons (Fsp3) is 0.118. The van der Waals surface area contributed by atoms with E-state index in [0.717, 1.165) is 21.9 Å². The van der Waals surface area contributed by atoms with Gasteiger partial charge in [-0.3, -0.25) is 4.79 Å². The summed E-state index contributed by atoms with van der Waals surface area (Å²) in [4.78, 5) is 12.3. The van der Waals surface area contributed by atoms with Crippen LogP contribution in [0.2, 0.25) is 0 Å². The topological polar surface area (TPSA) is 42.2 Å². The van der Waals surface area contributed by atoms with Crippen LogP contribution in [0, 0.1) is 13.8 Å². The van der Waals surface area contributed by atoms with Crippen LogP contribution in [-0.2, 0) is 0 Å². The van der Waals surface area contributed by atoms with Gasteiger partial charge in [-0.05, 0) is 30.9 Å². The van der Waals surface area contributed by atoms with Gasteiger partial charge in [-0.25, -0.2) is 4.57 Å². The minimum atomic E-state index is -0.220. The third-order valence-electron chi connectivity index (χ3n) is 3.71. The van der Waals surface area contributed by atoms with Gasteiger partial charge in [-0.15, -0.1) is 0 Å². The van der Waals surface area contributed by atoms with E-state index < -0.39 is 0 Å². The van der Waals surface area contributed by atoms with Crippen LogP contribution in [0.5, 0.6) is 5.88 Å². The van der Waals surface area contributed by atoms with Crippen molar-refractivity contribution in [2.75, 3.05) is 0 Å². The molecule has 0 aliphatic carbocycles. The van der Waals surface area contributed by atoms with Gasteiger partial charge >= 0.3 is 0 Å². The van der Waals surface area contributed by atoms with Crippen LogP contribution in [0.4, 0.5) is 0 Å². The minimum absolute atomic E-state index is 0.00588. The Morgan fingerprint density at radius 2 is 1.70 bits per heavy atom. The first-order valence-corrected chi connectivity index (χ1v) is 6.50. The Bertz CT molecular complexity index is 857. The van der Waals surface area contributed by atoms with E-state index in [1.165, 1.54) is 4.57 Å². The lowest BCUT2D eigenvalue weighted by Crippen LogP contribution is -2.19. The number of pyridine rings is 1. The highest BCUT2D eigenvalue weighted by Crippen LogP contribution is 2.26. The molecule has 3 nitrogen and oxygen atoms in total. The molecule has 0 saturated heterocycles. The van der Waals surface area contributed by atoms with Gasteiger partial charge in [-0.2, -0.15) is 0 Å². The molecule has 3 rings (SSSR count). The second-order valence-electron chi connectivity index (χ2n) is 4.95. The third-order valence-corrected chi connectivity index (χ3v) is 3.71. The average Bonchev–Trinajstić information content (AvgIpc) is 2.45. The van der Waals surface area contributed by atoms with Crippen LogP contribution >= 0.6 is 0 Å². The standard InChI is InChI=1S/C17H15NO2/c1-11-10-16(19)18(17(20)12(11)2)15-9-5-7-13-6-3-4-8-14(13)15/h3-10,20H,1-2H3. The number of benzene rings is 2. The van der Waals surface area contributed by atoms with Crippen LogP contribution in [0.15, 0.2) is 53.3 Å². The zero-order chi connectivity index (χ0) is 14.3. The number of hydrogen-bond acceptors (Lipinski definition) is 2. The molecule has 0 fully saturated rings. The Morgan fingerprint density at radius 3 is 2.50 bits per heavy atom. The van der Waals surface area contributed by atoms with Crippen molar-refractivity contribution in [1.82, 2.24) is 4.57 Å². The van der Waals surface area contributed by atoms with Crippen molar-refractivity contribution < 1.29 is 5.11 Å². The predicted octanol–water partition coefficient (Wildman–Crippen LogP) is 3.31. The molecule has 1 aromatic heterocycles. The van der Waals surface area contributed by atoms with E-state index in [1.54, 1.807) is 6.07 Å². The second-order valence-corrected chi connectivity index (χ2v) is 4.95. The summed E-state index contributed by atoms with van der Waals surface area (Å²) in [6, 6.07) is 15.1. The third kappa shape index (κ3) is 1.79. The van der Waals surface area contributed by atoms with Gasteiger partial charge in [0.2, 0.25) is 5.88 Å². The van der Waals surface area contributed by atoms with Crippen molar-refractivity contribution >= 4 is 10.8 Å². The fourth-order valence-corrected chi connectivity index (χ4v) is 2.44. The maximum atomic E-state index is 12.3. The molecule has 0 unspecified atom stereocenters. The van der Waals surface area contributed by atoms with E-state index >= 15 is 0 Å². The predicted molar refractivity (Wildman–Crippen MR) is 80.7 cm³/mol. The minimum Gasteiger partial charge on any atom is -0.494 e. The normalized spacial score (nSPS) is 10.9. The zero-order valence-corrected chi connectivity index (χ0v) is 11.4. The molecule has 1 heterocycles. The van der Waals surface area contributed by atoms with E-state index in [2.05, 4.69) is 0 Å². The van der Waals surface area contributed by atoms with E-state index in [4.69, 9.17) is 0 Å². The molecule has 0 atom stereocenters. The molecule has 0 spiro atoms. The van der Waals surface area contributed by atoms with E-state index in [9.17, 15) is 9.90 Å². The van der Waals surface area contributed by atoms with Crippen LogP contribution < -0.4 is 5.56 Å². The molecule has 0 aliphatic heterocycles. The first-order valence-electron chi connectivity index (χ1n) is 6.50. The fourth-order valence-electron chi connectivity index (χ4n) is 2.44. The summed E-state index contributed by atoms with van der Waals surface area (Å²) in [6.07, 6.45) is 0. The van der Waals surface area contributed by atoms with Crippen molar-refractivity contribution in [3.05, 3.63) is 70.0 Å². The van der Waals surface area contributed by atoms with Crippen LogP contribution in [0.3, 0.4) is 0 Å². The quantitative estimate of drug-likeness (QED) is 0.733. The maximum Gasteiger partial charge on any atom is 0.258 e. The first kappa shape index (κ1) is 12.5. The smallest absolute Gasteiger partial charge is 0.258 e.